The molecule has 1 aromatic rings. The van der Waals surface area contributed by atoms with Crippen molar-refractivity contribution in [2.45, 2.75) is 12.8 Å². The average Bonchev–Trinajstić information content (AvgIpc) is 2.54. The van der Waals surface area contributed by atoms with Crippen molar-refractivity contribution in [2.24, 2.45) is 4.99 Å². The van der Waals surface area contributed by atoms with Gasteiger partial charge in [-0.15, -0.1) is 0 Å². The van der Waals surface area contributed by atoms with Gasteiger partial charge in [0, 0.05) is 23.8 Å². The number of aliphatic imine (C=N–C) groups is 1. The first-order valence-electron chi connectivity index (χ1n) is 5.57. The highest BCUT2D eigenvalue weighted by atomic mass is 14.7. The third-order valence-corrected chi connectivity index (χ3v) is 3.02. The molecular weight excluding hydrogens is 194 g/mol. The van der Waals surface area contributed by atoms with E-state index in [2.05, 4.69) is 48.0 Å². The van der Waals surface area contributed by atoms with Crippen LogP contribution in [0.3, 0.4) is 0 Å². The third-order valence-electron chi connectivity index (χ3n) is 3.02. The standard InChI is InChI=1S/C15H13N/c1-11-5-4-7-12-8-9-13-6-2-3-10-16-15(13)14(11)12/h2,4,6-10H,1,3,5H2. The molecule has 1 heterocycles. The zero-order chi connectivity index (χ0) is 11.0. The highest BCUT2D eigenvalue weighted by Gasteiger charge is 2.15. The average molecular weight is 207 g/mol. The monoisotopic (exact) mass is 207 g/mol. The van der Waals surface area contributed by atoms with Crippen LogP contribution in [-0.2, 0) is 0 Å². The second kappa shape index (κ2) is 3.60. The van der Waals surface area contributed by atoms with Gasteiger partial charge in [0.2, 0.25) is 0 Å². The summed E-state index contributed by atoms with van der Waals surface area (Å²) in [4.78, 5) is 4.57. The Bertz CT molecular complexity index is 545. The molecule has 0 atom stereocenters. The maximum absolute atomic E-state index is 4.57. The van der Waals surface area contributed by atoms with E-state index < -0.39 is 0 Å². The van der Waals surface area contributed by atoms with Crippen LogP contribution in [0.15, 0.2) is 35.9 Å². The van der Waals surface area contributed by atoms with Crippen molar-refractivity contribution in [3.8, 4) is 0 Å². The zero-order valence-corrected chi connectivity index (χ0v) is 9.11. The summed E-state index contributed by atoms with van der Waals surface area (Å²) >= 11 is 0. The Morgan fingerprint density at radius 2 is 1.88 bits per heavy atom. The van der Waals surface area contributed by atoms with Gasteiger partial charge in [-0.25, -0.2) is 0 Å². The Morgan fingerprint density at radius 1 is 1.06 bits per heavy atom. The Kier molecular flexibility index (Phi) is 2.10. The molecule has 1 aromatic carbocycles. The lowest BCUT2D eigenvalue weighted by atomic mass is 9.90. The molecule has 0 N–H and O–H groups in total. The van der Waals surface area contributed by atoms with Gasteiger partial charge in [-0.2, -0.15) is 0 Å². The lowest BCUT2D eigenvalue weighted by Crippen LogP contribution is -1.94. The highest BCUT2D eigenvalue weighted by molar-refractivity contribution is 5.90. The lowest BCUT2D eigenvalue weighted by molar-refractivity contribution is 1.34. The fourth-order valence-corrected chi connectivity index (χ4v) is 2.24. The van der Waals surface area contributed by atoms with E-state index in [0.717, 1.165) is 18.5 Å². The molecule has 3 rings (SSSR count). The topological polar surface area (TPSA) is 12.4 Å². The van der Waals surface area contributed by atoms with E-state index in [4.69, 9.17) is 0 Å². The maximum atomic E-state index is 4.57. The molecule has 0 saturated heterocycles. The number of fused-ring (bicyclic) bond motifs is 3. The van der Waals surface area contributed by atoms with Crippen molar-refractivity contribution in [3.63, 3.8) is 0 Å². The van der Waals surface area contributed by atoms with Crippen molar-refractivity contribution in [3.05, 3.63) is 47.6 Å². The molecule has 78 valence electrons. The quantitative estimate of drug-likeness (QED) is 0.603. The van der Waals surface area contributed by atoms with E-state index in [1.165, 1.54) is 22.3 Å². The minimum Gasteiger partial charge on any atom is -0.260 e. The van der Waals surface area contributed by atoms with E-state index in [-0.39, 0.29) is 0 Å². The van der Waals surface area contributed by atoms with Crippen LogP contribution in [-0.4, -0.2) is 6.21 Å². The van der Waals surface area contributed by atoms with Crippen molar-refractivity contribution in [2.75, 3.05) is 0 Å². The second-order valence-electron chi connectivity index (χ2n) is 4.13. The van der Waals surface area contributed by atoms with E-state index >= 15 is 0 Å². The molecule has 0 spiro atoms. The molecule has 1 aliphatic heterocycles. The first-order valence-corrected chi connectivity index (χ1v) is 5.57. The van der Waals surface area contributed by atoms with Crippen molar-refractivity contribution in [1.82, 2.24) is 0 Å². The molecule has 16 heavy (non-hydrogen) atoms. The van der Waals surface area contributed by atoms with Crippen LogP contribution in [0.2, 0.25) is 0 Å². The summed E-state index contributed by atoms with van der Waals surface area (Å²) in [5, 5.41) is 0. The van der Waals surface area contributed by atoms with Crippen molar-refractivity contribution >= 4 is 29.6 Å². The van der Waals surface area contributed by atoms with Crippen LogP contribution in [0.5, 0.6) is 0 Å². The molecule has 1 nitrogen and oxygen atoms in total. The largest absolute Gasteiger partial charge is 0.260 e. The Hall–Kier alpha value is -1.89. The van der Waals surface area contributed by atoms with Crippen LogP contribution >= 0.6 is 0 Å². The van der Waals surface area contributed by atoms with Gasteiger partial charge in [-0.1, -0.05) is 43.0 Å². The molecule has 1 aliphatic carbocycles. The highest BCUT2D eigenvalue weighted by Crippen LogP contribution is 2.38. The van der Waals surface area contributed by atoms with Gasteiger partial charge in [0.1, 0.15) is 0 Å². The molecule has 0 fully saturated rings. The van der Waals surface area contributed by atoms with Crippen molar-refractivity contribution in [1.29, 1.82) is 0 Å². The number of rotatable bonds is 0. The predicted molar refractivity (Wildman–Crippen MR) is 70.9 cm³/mol. The van der Waals surface area contributed by atoms with E-state index in [1.807, 2.05) is 6.21 Å². The SMILES string of the molecule is C=C1CC=Cc2ccc3c(c21)N=CCC=C3. The summed E-state index contributed by atoms with van der Waals surface area (Å²) in [6.07, 6.45) is 12.4. The van der Waals surface area contributed by atoms with Crippen LogP contribution < -0.4 is 0 Å². The van der Waals surface area contributed by atoms with Gasteiger partial charge in [0.25, 0.3) is 0 Å². The second-order valence-corrected chi connectivity index (χ2v) is 4.13. The Morgan fingerprint density at radius 3 is 2.81 bits per heavy atom. The smallest absolute Gasteiger partial charge is 0.0779 e. The molecule has 0 aromatic heterocycles. The predicted octanol–water partition coefficient (Wildman–Crippen LogP) is 4.24. The number of nitrogens with zero attached hydrogens (tertiary/aromatic N) is 1. The molecule has 1 heteroatoms. The van der Waals surface area contributed by atoms with Gasteiger partial charge in [0.05, 0.1) is 5.69 Å². The van der Waals surface area contributed by atoms with Crippen LogP contribution in [0.25, 0.3) is 17.7 Å². The zero-order valence-electron chi connectivity index (χ0n) is 9.11. The van der Waals surface area contributed by atoms with Crippen molar-refractivity contribution < 1.29 is 0 Å². The molecular formula is C15H13N. The van der Waals surface area contributed by atoms with E-state index in [9.17, 15) is 0 Å². The normalized spacial score (nSPS) is 16.9. The number of hydrogen-bond donors (Lipinski definition) is 0. The van der Waals surface area contributed by atoms with E-state index in [0.29, 0.717) is 0 Å². The van der Waals surface area contributed by atoms with Gasteiger partial charge in [-0.3, -0.25) is 4.99 Å². The number of benzene rings is 1. The molecule has 0 radical (unpaired) electrons. The lowest BCUT2D eigenvalue weighted by Gasteiger charge is -2.17. The fourth-order valence-electron chi connectivity index (χ4n) is 2.24. The van der Waals surface area contributed by atoms with Crippen LogP contribution in [0.1, 0.15) is 29.5 Å². The van der Waals surface area contributed by atoms with E-state index in [1.54, 1.807) is 0 Å². The number of allylic oxidation sites excluding steroid dienone is 3. The Balaban J connectivity index is 2.33. The van der Waals surface area contributed by atoms with Crippen LogP contribution in [0, 0.1) is 0 Å². The van der Waals surface area contributed by atoms with Gasteiger partial charge >= 0.3 is 0 Å². The van der Waals surface area contributed by atoms with Gasteiger partial charge in [0.15, 0.2) is 0 Å². The Labute approximate surface area is 95.5 Å². The van der Waals surface area contributed by atoms with Gasteiger partial charge < -0.3 is 0 Å². The number of hydrogen-bond acceptors (Lipinski definition) is 1. The molecule has 0 saturated carbocycles. The summed E-state index contributed by atoms with van der Waals surface area (Å²) in [6, 6.07) is 4.29. The summed E-state index contributed by atoms with van der Waals surface area (Å²) in [5.74, 6) is 0. The summed E-state index contributed by atoms with van der Waals surface area (Å²) < 4.78 is 0. The van der Waals surface area contributed by atoms with Gasteiger partial charge in [-0.05, 0) is 17.6 Å². The summed E-state index contributed by atoms with van der Waals surface area (Å²) in [7, 11) is 0. The summed E-state index contributed by atoms with van der Waals surface area (Å²) in [6.45, 7) is 4.15. The minimum atomic E-state index is 0.909. The molecule has 0 unspecified atom stereocenters. The third kappa shape index (κ3) is 1.36. The first-order chi connectivity index (χ1) is 7.86. The summed E-state index contributed by atoms with van der Waals surface area (Å²) in [5.41, 5.74) is 5.91. The molecule has 0 bridgehead atoms. The first kappa shape index (κ1) is 9.34. The molecule has 2 aliphatic rings. The fraction of sp³-hybridized carbons (Fsp3) is 0.133. The maximum Gasteiger partial charge on any atom is 0.0779 e. The minimum absolute atomic E-state index is 0.909. The van der Waals surface area contributed by atoms with Crippen LogP contribution in [0.4, 0.5) is 5.69 Å². The molecule has 0 amide bonds.